The lowest BCUT2D eigenvalue weighted by atomic mass is 9.77. The number of Topliss-reactive ketones (excluding diaryl/α,β-unsaturated/α-hetero) is 2. The van der Waals surface area contributed by atoms with Crippen LogP contribution in [0, 0.1) is 0 Å². The predicted molar refractivity (Wildman–Crippen MR) is 153 cm³/mol. The van der Waals surface area contributed by atoms with E-state index >= 15 is 0 Å². The number of allylic oxidation sites excluding steroid dienone is 1. The van der Waals surface area contributed by atoms with Crippen molar-refractivity contribution in [2.24, 2.45) is 0 Å². The Labute approximate surface area is 241 Å². The van der Waals surface area contributed by atoms with E-state index in [0.29, 0.717) is 47.9 Å². The maximum absolute atomic E-state index is 13.8. The number of carbonyl (C=O) groups is 4. The van der Waals surface area contributed by atoms with Gasteiger partial charge in [-0.15, -0.1) is 0 Å². The van der Waals surface area contributed by atoms with Crippen LogP contribution in [0.2, 0.25) is 0 Å². The lowest BCUT2D eigenvalue weighted by Gasteiger charge is -2.48. The molecule has 3 heterocycles. The molecule has 206 valence electrons. The number of imide groups is 1. The van der Waals surface area contributed by atoms with Gasteiger partial charge in [0.25, 0.3) is 11.8 Å². The lowest BCUT2D eigenvalue weighted by Crippen LogP contribution is -2.50. The highest BCUT2D eigenvalue weighted by molar-refractivity contribution is 6.26. The second-order valence-electron chi connectivity index (χ2n) is 11.3. The van der Waals surface area contributed by atoms with Crippen molar-refractivity contribution in [1.29, 1.82) is 0 Å². The Balaban J connectivity index is 1.13. The predicted octanol–water partition coefficient (Wildman–Crippen LogP) is 5.98. The highest BCUT2D eigenvalue weighted by Gasteiger charge is 2.53. The third kappa shape index (κ3) is 3.50. The van der Waals surface area contributed by atoms with E-state index in [1.165, 1.54) is 4.90 Å². The average Bonchev–Trinajstić information content (AvgIpc) is 3.26. The minimum atomic E-state index is -1.18. The van der Waals surface area contributed by atoms with Gasteiger partial charge in [-0.05, 0) is 46.9 Å². The quantitative estimate of drug-likeness (QED) is 0.222. The molecule has 3 aliphatic heterocycles. The van der Waals surface area contributed by atoms with E-state index in [4.69, 9.17) is 9.47 Å². The maximum Gasteiger partial charge on any atom is 0.261 e. The van der Waals surface area contributed by atoms with Crippen LogP contribution in [-0.2, 0) is 15.9 Å². The molecule has 2 bridgehead atoms. The first-order valence-corrected chi connectivity index (χ1v) is 14.2. The third-order valence-electron chi connectivity index (χ3n) is 8.87. The van der Waals surface area contributed by atoms with E-state index < -0.39 is 11.9 Å². The Hall–Kier alpha value is -4.88. The fourth-order valence-electron chi connectivity index (χ4n) is 6.86. The zero-order chi connectivity index (χ0) is 28.6. The summed E-state index contributed by atoms with van der Waals surface area (Å²) in [6.07, 6.45) is 1.17. The number of hydrogen-bond acceptors (Lipinski definition) is 6. The fraction of sp³-hybridized carbons (Fsp3) is 0.200. The number of rotatable bonds is 5. The van der Waals surface area contributed by atoms with Crippen molar-refractivity contribution in [3.8, 4) is 0 Å². The smallest absolute Gasteiger partial charge is 0.261 e. The Morgan fingerprint density at radius 2 is 1.36 bits per heavy atom. The molecule has 7 nitrogen and oxygen atoms in total. The van der Waals surface area contributed by atoms with Crippen LogP contribution >= 0.6 is 0 Å². The van der Waals surface area contributed by atoms with Crippen molar-refractivity contribution in [2.45, 2.75) is 37.6 Å². The van der Waals surface area contributed by atoms with Gasteiger partial charge in [0.2, 0.25) is 11.6 Å². The molecule has 7 heteroatoms. The Kier molecular flexibility index (Phi) is 5.37. The van der Waals surface area contributed by atoms with Gasteiger partial charge in [-0.25, -0.2) is 0 Å². The molecule has 0 saturated heterocycles. The molecule has 4 aliphatic rings. The summed E-state index contributed by atoms with van der Waals surface area (Å²) in [4.78, 5) is 54.5. The first kappa shape index (κ1) is 24.9. The number of amides is 2. The minimum absolute atomic E-state index is 0.0640. The summed E-state index contributed by atoms with van der Waals surface area (Å²) in [5.41, 5.74) is 3.70. The Bertz CT molecular complexity index is 1890. The lowest BCUT2D eigenvalue weighted by molar-refractivity contribution is -0.258. The molecule has 2 unspecified atom stereocenters. The van der Waals surface area contributed by atoms with Crippen LogP contribution in [0.5, 0.6) is 0 Å². The van der Waals surface area contributed by atoms with Gasteiger partial charge in [0, 0.05) is 30.5 Å². The maximum atomic E-state index is 13.8. The van der Waals surface area contributed by atoms with Gasteiger partial charge in [0.15, 0.2) is 11.5 Å². The zero-order valence-electron chi connectivity index (χ0n) is 22.6. The van der Waals surface area contributed by atoms with E-state index in [9.17, 15) is 19.2 Å². The summed E-state index contributed by atoms with van der Waals surface area (Å²) < 4.78 is 13.2. The Morgan fingerprint density at radius 1 is 0.714 bits per heavy atom. The number of ketones is 2. The molecular weight excluding hydrogens is 530 g/mol. The van der Waals surface area contributed by atoms with Crippen LogP contribution < -0.4 is 0 Å². The van der Waals surface area contributed by atoms with Gasteiger partial charge in [0.05, 0.1) is 16.7 Å². The molecule has 0 spiro atoms. The number of hydrogen-bond donors (Lipinski definition) is 0. The molecule has 0 aromatic heterocycles. The van der Waals surface area contributed by atoms with Gasteiger partial charge >= 0.3 is 0 Å². The van der Waals surface area contributed by atoms with Gasteiger partial charge < -0.3 is 9.47 Å². The number of fused-ring (bicyclic) bond motifs is 9. The van der Waals surface area contributed by atoms with Crippen molar-refractivity contribution >= 4 is 34.2 Å². The zero-order valence-corrected chi connectivity index (χ0v) is 22.6. The number of ether oxygens (including phenoxy) is 2. The molecule has 2 atom stereocenters. The molecule has 4 aromatic carbocycles. The normalized spacial score (nSPS) is 22.1. The van der Waals surface area contributed by atoms with Crippen LogP contribution in [0.1, 0.15) is 77.9 Å². The van der Waals surface area contributed by atoms with E-state index in [0.717, 1.165) is 21.9 Å². The molecule has 0 saturated carbocycles. The van der Waals surface area contributed by atoms with Crippen LogP contribution in [-0.4, -0.2) is 40.6 Å². The molecule has 42 heavy (non-hydrogen) atoms. The summed E-state index contributed by atoms with van der Waals surface area (Å²) in [5, 5.41) is 2.13. The highest BCUT2D eigenvalue weighted by Crippen LogP contribution is 2.52. The van der Waals surface area contributed by atoms with Crippen molar-refractivity contribution in [2.75, 3.05) is 6.54 Å². The van der Waals surface area contributed by atoms with E-state index in [1.54, 1.807) is 48.5 Å². The largest absolute Gasteiger partial charge is 0.457 e. The van der Waals surface area contributed by atoms with Gasteiger partial charge in [0.1, 0.15) is 6.10 Å². The van der Waals surface area contributed by atoms with Crippen molar-refractivity contribution in [3.05, 3.63) is 130 Å². The summed E-state index contributed by atoms with van der Waals surface area (Å²) in [5.74, 6) is -2.24. The van der Waals surface area contributed by atoms with Gasteiger partial charge in [-0.3, -0.25) is 24.1 Å². The average molecular weight is 556 g/mol. The highest BCUT2D eigenvalue weighted by atomic mass is 16.7. The molecule has 8 rings (SSSR count). The second kappa shape index (κ2) is 9.06. The summed E-state index contributed by atoms with van der Waals surface area (Å²) in [6.45, 7) is 0.268. The molecular formula is C35H25NO6. The second-order valence-corrected chi connectivity index (χ2v) is 11.3. The van der Waals surface area contributed by atoms with Crippen LogP contribution in [0.4, 0.5) is 0 Å². The molecule has 0 fully saturated rings. The summed E-state index contributed by atoms with van der Waals surface area (Å²) in [7, 11) is 0. The first-order chi connectivity index (χ1) is 20.5. The summed E-state index contributed by atoms with van der Waals surface area (Å²) >= 11 is 0. The van der Waals surface area contributed by atoms with Crippen LogP contribution in [0.25, 0.3) is 10.8 Å². The van der Waals surface area contributed by atoms with Gasteiger partial charge in [-0.1, -0.05) is 72.8 Å². The topological polar surface area (TPSA) is 90.0 Å². The van der Waals surface area contributed by atoms with E-state index in [-0.39, 0.29) is 41.3 Å². The van der Waals surface area contributed by atoms with Crippen LogP contribution in [0.15, 0.2) is 96.3 Å². The van der Waals surface area contributed by atoms with E-state index in [2.05, 4.69) is 6.07 Å². The van der Waals surface area contributed by atoms with Crippen molar-refractivity contribution in [1.82, 2.24) is 4.90 Å². The molecule has 0 radical (unpaired) electrons. The number of benzene rings is 4. The monoisotopic (exact) mass is 555 g/mol. The summed E-state index contributed by atoms with van der Waals surface area (Å²) in [6, 6.07) is 25.8. The molecule has 2 amide bonds. The van der Waals surface area contributed by atoms with Gasteiger partial charge in [-0.2, -0.15) is 0 Å². The molecule has 0 N–H and O–H groups in total. The molecule has 4 aromatic rings. The number of carbonyl (C=O) groups excluding carboxylic acids is 4. The number of unbranched alkanes of at least 4 members (excludes halogenated alkanes) is 1. The number of nitrogens with zero attached hydrogens (tertiary/aromatic N) is 1. The first-order valence-electron chi connectivity index (χ1n) is 14.2. The van der Waals surface area contributed by atoms with Crippen molar-refractivity contribution < 1.29 is 28.7 Å². The SMILES string of the molecule is O=C1C2=C(C(=O)c3ccccc31)C1OC(CCCCN3C(=O)c4ccccc4C3=O)(Cc3c1ccc1ccccc31)O2. The third-order valence-corrected chi connectivity index (χ3v) is 8.87. The fourth-order valence-corrected chi connectivity index (χ4v) is 6.86. The Morgan fingerprint density at radius 3 is 2.10 bits per heavy atom. The standard InChI is InChI=1S/C35H25NO6/c37-29-22-11-3-4-12-23(22)30(38)32-28(29)31-24-16-15-20-9-1-2-10-21(20)27(24)19-35(41-31,42-32)17-7-8-18-36-33(39)25-13-5-6-14-26(25)34(36)40/h1-6,9-16,31H,7-8,17-19H2. The van der Waals surface area contributed by atoms with E-state index in [1.807, 2.05) is 30.3 Å². The minimum Gasteiger partial charge on any atom is -0.457 e. The van der Waals surface area contributed by atoms with Crippen molar-refractivity contribution in [3.63, 3.8) is 0 Å². The molecule has 1 aliphatic carbocycles. The van der Waals surface area contributed by atoms with Crippen LogP contribution in [0.3, 0.4) is 0 Å².